The van der Waals surface area contributed by atoms with Crippen molar-refractivity contribution < 1.29 is 4.79 Å². The second-order valence-electron chi connectivity index (χ2n) is 7.69. The predicted octanol–water partition coefficient (Wildman–Crippen LogP) is 3.18. The lowest BCUT2D eigenvalue weighted by Gasteiger charge is -2.23. The minimum atomic E-state index is -0.699. The number of hydrogen-bond donors (Lipinski definition) is 4. The van der Waals surface area contributed by atoms with Crippen molar-refractivity contribution in [3.63, 3.8) is 0 Å². The Morgan fingerprint density at radius 1 is 1.17 bits per heavy atom. The average molecular weight is 524 g/mol. The third-order valence-corrected chi connectivity index (χ3v) is 6.06. The molecule has 1 atom stereocenters. The van der Waals surface area contributed by atoms with Gasteiger partial charge in [0.15, 0.2) is 5.82 Å². The van der Waals surface area contributed by atoms with Gasteiger partial charge in [0, 0.05) is 5.56 Å². The van der Waals surface area contributed by atoms with Gasteiger partial charge in [-0.15, -0.1) is 0 Å². The highest BCUT2D eigenvalue weighted by Crippen LogP contribution is 2.31. The van der Waals surface area contributed by atoms with E-state index in [0.717, 1.165) is 0 Å². The van der Waals surface area contributed by atoms with Gasteiger partial charge < -0.3 is 22.5 Å². The van der Waals surface area contributed by atoms with Gasteiger partial charge in [-0.3, -0.25) is 14.2 Å². The third-order valence-electron chi connectivity index (χ3n) is 5.44. The largest absolute Gasteiger partial charge is 0.382 e. The number of primary amides is 1. The summed E-state index contributed by atoms with van der Waals surface area (Å²) in [5, 5.41) is 13.1. The molecule has 7 N–H and O–H groups in total. The average Bonchev–Trinajstić information content (AvgIpc) is 2.84. The molecule has 2 heterocycles. The Balaban J connectivity index is 2.04. The molecule has 36 heavy (non-hydrogen) atoms. The minimum absolute atomic E-state index is 0.0193. The van der Waals surface area contributed by atoms with Crippen molar-refractivity contribution in [2.24, 2.45) is 5.73 Å². The van der Waals surface area contributed by atoms with Crippen LogP contribution in [0.15, 0.2) is 41.2 Å². The van der Waals surface area contributed by atoms with Gasteiger partial charge in [0.05, 0.1) is 32.7 Å². The van der Waals surface area contributed by atoms with Gasteiger partial charge in [-0.1, -0.05) is 36.2 Å². The van der Waals surface area contributed by atoms with E-state index in [-0.39, 0.29) is 55.5 Å². The summed E-state index contributed by atoms with van der Waals surface area (Å²) in [5.74, 6) is -0.636. The number of aromatic nitrogens is 4. The van der Waals surface area contributed by atoms with Crippen LogP contribution in [0.2, 0.25) is 10.0 Å². The molecule has 0 aliphatic heterocycles. The number of fused-ring (bicyclic) bond motifs is 1. The fraction of sp³-hybridized carbons (Fsp3) is 0.130. The van der Waals surface area contributed by atoms with E-state index in [1.807, 2.05) is 13.0 Å². The van der Waals surface area contributed by atoms with Gasteiger partial charge in [0.2, 0.25) is 11.9 Å². The fourth-order valence-electron chi connectivity index (χ4n) is 3.74. The zero-order chi connectivity index (χ0) is 26.1. The van der Waals surface area contributed by atoms with Crippen LogP contribution in [-0.2, 0) is 0 Å². The molecule has 0 saturated carbocycles. The Bertz CT molecular complexity index is 1630. The van der Waals surface area contributed by atoms with Crippen molar-refractivity contribution in [1.29, 1.82) is 5.26 Å². The summed E-state index contributed by atoms with van der Waals surface area (Å²) in [4.78, 5) is 38.3. The van der Waals surface area contributed by atoms with E-state index in [1.54, 1.807) is 12.1 Å². The number of amides is 1. The van der Waals surface area contributed by atoms with Crippen LogP contribution in [0.5, 0.6) is 0 Å². The van der Waals surface area contributed by atoms with E-state index in [4.69, 9.17) is 45.4 Å². The van der Waals surface area contributed by atoms with E-state index in [9.17, 15) is 14.9 Å². The molecule has 0 fully saturated rings. The van der Waals surface area contributed by atoms with Crippen molar-refractivity contribution in [1.82, 2.24) is 19.5 Å². The monoisotopic (exact) mass is 523 g/mol. The Labute approximate surface area is 214 Å². The summed E-state index contributed by atoms with van der Waals surface area (Å²) in [6, 6.07) is 10.5. The molecule has 13 heteroatoms. The van der Waals surface area contributed by atoms with Crippen molar-refractivity contribution in [3.05, 3.63) is 73.7 Å². The highest BCUT2D eigenvalue weighted by Gasteiger charge is 2.24. The first kappa shape index (κ1) is 24.7. The van der Waals surface area contributed by atoms with Crippen LogP contribution >= 0.6 is 23.2 Å². The van der Waals surface area contributed by atoms with Gasteiger partial charge >= 0.3 is 0 Å². The Hall–Kier alpha value is -4.40. The lowest BCUT2D eigenvalue weighted by molar-refractivity contribution is 0.1000. The highest BCUT2D eigenvalue weighted by atomic mass is 35.5. The van der Waals surface area contributed by atoms with Crippen molar-refractivity contribution in [2.75, 3.05) is 16.8 Å². The molecule has 2 aromatic carbocycles. The summed E-state index contributed by atoms with van der Waals surface area (Å²) < 4.78 is 1.30. The highest BCUT2D eigenvalue weighted by molar-refractivity contribution is 6.39. The zero-order valence-corrected chi connectivity index (χ0v) is 20.3. The molecule has 0 saturated heterocycles. The number of carbonyl (C=O) groups is 1. The van der Waals surface area contributed by atoms with Gasteiger partial charge in [-0.25, -0.2) is 4.98 Å². The molecule has 0 spiro atoms. The SMILES string of the molecule is CCC(Nc1nc(N)nc(N)c1C#N)c1nc2c(Cl)ccc(Cl)c2c(=O)n1-c1cccc(C(N)=O)c1. The Morgan fingerprint density at radius 3 is 2.56 bits per heavy atom. The molecule has 0 aliphatic rings. The van der Waals surface area contributed by atoms with Crippen LogP contribution in [0.25, 0.3) is 16.6 Å². The van der Waals surface area contributed by atoms with E-state index in [1.165, 1.54) is 28.8 Å². The fourth-order valence-corrected chi connectivity index (χ4v) is 4.17. The molecule has 1 unspecified atom stereocenters. The number of benzene rings is 2. The zero-order valence-electron chi connectivity index (χ0n) is 18.8. The lowest BCUT2D eigenvalue weighted by Crippen LogP contribution is -2.29. The van der Waals surface area contributed by atoms with Gasteiger partial charge in [0.1, 0.15) is 23.3 Å². The van der Waals surface area contributed by atoms with E-state index in [2.05, 4.69) is 15.3 Å². The summed E-state index contributed by atoms with van der Waals surface area (Å²) in [5.41, 5.74) is 17.2. The molecular formula is C23H19Cl2N9O2. The normalized spacial score (nSPS) is 11.7. The number of carbonyl (C=O) groups excluding carboxylic acids is 1. The molecule has 2 aromatic heterocycles. The summed E-state index contributed by atoms with van der Waals surface area (Å²) in [6.07, 6.45) is 0.375. The first-order valence-electron chi connectivity index (χ1n) is 10.6. The van der Waals surface area contributed by atoms with Gasteiger partial charge in [0.25, 0.3) is 5.56 Å². The second-order valence-corrected chi connectivity index (χ2v) is 8.50. The molecule has 182 valence electrons. The predicted molar refractivity (Wildman–Crippen MR) is 138 cm³/mol. The number of nitrogens with two attached hydrogens (primary N) is 3. The van der Waals surface area contributed by atoms with E-state index < -0.39 is 17.5 Å². The molecule has 4 aromatic rings. The molecule has 11 nitrogen and oxygen atoms in total. The molecular weight excluding hydrogens is 505 g/mol. The van der Waals surface area contributed by atoms with Crippen LogP contribution in [-0.4, -0.2) is 25.4 Å². The number of anilines is 3. The first-order chi connectivity index (χ1) is 17.2. The number of halogens is 2. The standard InChI is InChI=1S/C23H19Cl2N9O2/c1-2-15(30-20-12(9-26)18(27)32-23(29)33-20)21-31-17-14(25)7-6-13(24)16(17)22(36)34(21)11-5-3-4-10(8-11)19(28)35/h3-8,15H,2H2,1H3,(H2,28,35)(H5,27,29,30,32,33). The Kier molecular flexibility index (Phi) is 6.65. The van der Waals surface area contributed by atoms with Gasteiger partial charge in [-0.05, 0) is 36.8 Å². The van der Waals surface area contributed by atoms with Gasteiger partial charge in [-0.2, -0.15) is 15.2 Å². The van der Waals surface area contributed by atoms with Crippen molar-refractivity contribution >= 4 is 57.6 Å². The first-order valence-corrected chi connectivity index (χ1v) is 11.3. The van der Waals surface area contributed by atoms with E-state index >= 15 is 0 Å². The third kappa shape index (κ3) is 4.35. The second kappa shape index (κ2) is 9.69. The van der Waals surface area contributed by atoms with Crippen molar-refractivity contribution in [3.8, 4) is 11.8 Å². The number of nitrogens with one attached hydrogen (secondary N) is 1. The molecule has 4 rings (SSSR count). The van der Waals surface area contributed by atoms with E-state index in [0.29, 0.717) is 12.1 Å². The maximum atomic E-state index is 13.8. The number of nitrogens with zero attached hydrogens (tertiary/aromatic N) is 5. The number of hydrogen-bond acceptors (Lipinski definition) is 9. The summed E-state index contributed by atoms with van der Waals surface area (Å²) in [7, 11) is 0. The van der Waals surface area contributed by atoms with Crippen LogP contribution in [0, 0.1) is 11.3 Å². The number of nitrogen functional groups attached to an aromatic ring is 2. The smallest absolute Gasteiger partial charge is 0.267 e. The minimum Gasteiger partial charge on any atom is -0.382 e. The van der Waals surface area contributed by atoms with Crippen LogP contribution in [0.3, 0.4) is 0 Å². The lowest BCUT2D eigenvalue weighted by atomic mass is 10.1. The summed E-state index contributed by atoms with van der Waals surface area (Å²) >= 11 is 12.8. The molecule has 0 bridgehead atoms. The quantitative estimate of drug-likeness (QED) is 0.293. The molecule has 0 aliphatic carbocycles. The molecule has 0 radical (unpaired) electrons. The van der Waals surface area contributed by atoms with Crippen LogP contribution in [0.1, 0.15) is 41.1 Å². The maximum Gasteiger partial charge on any atom is 0.267 e. The number of nitriles is 1. The van der Waals surface area contributed by atoms with Crippen LogP contribution < -0.4 is 28.1 Å². The van der Waals surface area contributed by atoms with Crippen LogP contribution in [0.4, 0.5) is 17.6 Å². The maximum absolute atomic E-state index is 13.8. The molecule has 1 amide bonds. The summed E-state index contributed by atoms with van der Waals surface area (Å²) in [6.45, 7) is 1.83. The Morgan fingerprint density at radius 2 is 1.89 bits per heavy atom. The van der Waals surface area contributed by atoms with Crippen molar-refractivity contribution in [2.45, 2.75) is 19.4 Å². The number of rotatable bonds is 6. The topological polar surface area (TPSA) is 192 Å².